The summed E-state index contributed by atoms with van der Waals surface area (Å²) in [4.78, 5) is 37.9. The largest absolute Gasteiger partial charge is 0.484 e. The number of imide groups is 1. The number of carbonyl (C=O) groups excluding carboxylic acids is 3. The van der Waals surface area contributed by atoms with Gasteiger partial charge in [-0.2, -0.15) is 0 Å². The molecule has 0 saturated carbocycles. The van der Waals surface area contributed by atoms with Crippen molar-refractivity contribution in [2.45, 2.75) is 43.9 Å². The molecule has 1 aromatic carbocycles. The zero-order valence-corrected chi connectivity index (χ0v) is 13.8. The van der Waals surface area contributed by atoms with Gasteiger partial charge >= 0.3 is 0 Å². The lowest BCUT2D eigenvalue weighted by molar-refractivity contribution is -0.136. The summed E-state index contributed by atoms with van der Waals surface area (Å²) in [5, 5.41) is 5.60. The molecule has 25 heavy (non-hydrogen) atoms. The average molecular weight is 341 g/mol. The SMILES string of the molecule is O=C1CC[C@H](N2Cc3c(ccc4c3CCC3(CNC3)O4)C2=O)C(=O)N1. The van der Waals surface area contributed by atoms with E-state index < -0.39 is 6.04 Å². The Morgan fingerprint density at radius 1 is 1.12 bits per heavy atom. The van der Waals surface area contributed by atoms with Crippen molar-refractivity contribution in [2.75, 3.05) is 13.1 Å². The van der Waals surface area contributed by atoms with E-state index in [9.17, 15) is 14.4 Å². The predicted octanol–water partition coefficient (Wildman–Crippen LogP) is 0.115. The van der Waals surface area contributed by atoms with E-state index >= 15 is 0 Å². The van der Waals surface area contributed by atoms with Gasteiger partial charge in [0.15, 0.2) is 0 Å². The minimum atomic E-state index is -0.570. The van der Waals surface area contributed by atoms with Crippen LogP contribution in [-0.2, 0) is 22.6 Å². The number of hydrogen-bond acceptors (Lipinski definition) is 5. The van der Waals surface area contributed by atoms with Gasteiger partial charge in [-0.3, -0.25) is 19.7 Å². The van der Waals surface area contributed by atoms with Crippen molar-refractivity contribution in [3.63, 3.8) is 0 Å². The first kappa shape index (κ1) is 14.9. The van der Waals surface area contributed by atoms with Gasteiger partial charge in [0.25, 0.3) is 5.91 Å². The Balaban J connectivity index is 1.45. The van der Waals surface area contributed by atoms with E-state index in [1.807, 2.05) is 12.1 Å². The van der Waals surface area contributed by atoms with Gasteiger partial charge in [0.05, 0.1) is 0 Å². The van der Waals surface area contributed by atoms with Crippen LogP contribution >= 0.6 is 0 Å². The van der Waals surface area contributed by atoms with Crippen LogP contribution < -0.4 is 15.4 Å². The summed E-state index contributed by atoms with van der Waals surface area (Å²) >= 11 is 0. The second kappa shape index (κ2) is 5.05. The van der Waals surface area contributed by atoms with Crippen molar-refractivity contribution >= 4 is 17.7 Å². The highest BCUT2D eigenvalue weighted by Crippen LogP contribution is 2.41. The van der Waals surface area contributed by atoms with Gasteiger partial charge in [-0.15, -0.1) is 0 Å². The summed E-state index contributed by atoms with van der Waals surface area (Å²) in [6, 6.07) is 3.13. The van der Waals surface area contributed by atoms with E-state index in [4.69, 9.17) is 4.74 Å². The molecule has 7 heteroatoms. The molecule has 4 aliphatic rings. The molecule has 7 nitrogen and oxygen atoms in total. The van der Waals surface area contributed by atoms with Crippen LogP contribution in [0, 0.1) is 0 Å². The molecular weight excluding hydrogens is 322 g/mol. The molecule has 2 N–H and O–H groups in total. The number of nitrogens with zero attached hydrogens (tertiary/aromatic N) is 1. The van der Waals surface area contributed by atoms with Gasteiger partial charge < -0.3 is 15.0 Å². The van der Waals surface area contributed by atoms with Crippen LogP contribution in [0.1, 0.15) is 40.7 Å². The van der Waals surface area contributed by atoms with Crippen molar-refractivity contribution in [3.8, 4) is 5.75 Å². The van der Waals surface area contributed by atoms with Gasteiger partial charge in [0.1, 0.15) is 17.4 Å². The Morgan fingerprint density at radius 3 is 2.68 bits per heavy atom. The summed E-state index contributed by atoms with van der Waals surface area (Å²) in [5.74, 6) is 0.0972. The fourth-order valence-electron chi connectivity index (χ4n) is 4.34. The molecule has 2 saturated heterocycles. The molecule has 4 aliphatic heterocycles. The number of fused-ring (bicyclic) bond motifs is 3. The first-order chi connectivity index (χ1) is 12.1. The number of piperidine rings is 1. The fourth-order valence-corrected chi connectivity index (χ4v) is 4.34. The highest BCUT2D eigenvalue weighted by atomic mass is 16.5. The van der Waals surface area contributed by atoms with Crippen LogP contribution in [0.2, 0.25) is 0 Å². The van der Waals surface area contributed by atoms with E-state index in [2.05, 4.69) is 10.6 Å². The van der Waals surface area contributed by atoms with Crippen LogP contribution in [0.15, 0.2) is 12.1 Å². The lowest BCUT2D eigenvalue weighted by atomic mass is 9.84. The topological polar surface area (TPSA) is 87.7 Å². The van der Waals surface area contributed by atoms with Crippen molar-refractivity contribution < 1.29 is 19.1 Å². The highest BCUT2D eigenvalue weighted by molar-refractivity contribution is 6.05. The second-order valence-corrected chi connectivity index (χ2v) is 7.36. The third-order valence-corrected chi connectivity index (χ3v) is 5.85. The van der Waals surface area contributed by atoms with Gasteiger partial charge in [-0.1, -0.05) is 0 Å². The third-order valence-electron chi connectivity index (χ3n) is 5.85. The number of benzene rings is 1. The van der Waals surface area contributed by atoms with Crippen molar-refractivity contribution in [2.24, 2.45) is 0 Å². The summed E-state index contributed by atoms with van der Waals surface area (Å²) in [6.45, 7) is 2.15. The zero-order valence-electron chi connectivity index (χ0n) is 13.8. The quantitative estimate of drug-likeness (QED) is 0.708. The number of carbonyl (C=O) groups is 3. The highest BCUT2D eigenvalue weighted by Gasteiger charge is 2.45. The van der Waals surface area contributed by atoms with Gasteiger partial charge in [-0.25, -0.2) is 0 Å². The molecule has 4 heterocycles. The van der Waals surface area contributed by atoms with E-state index in [0.717, 1.165) is 42.8 Å². The Kier molecular flexibility index (Phi) is 3.01. The molecule has 1 atom stereocenters. The number of hydrogen-bond donors (Lipinski definition) is 2. The Morgan fingerprint density at radius 2 is 1.96 bits per heavy atom. The first-order valence-electron chi connectivity index (χ1n) is 8.75. The van der Waals surface area contributed by atoms with Crippen LogP contribution in [0.4, 0.5) is 0 Å². The minimum Gasteiger partial charge on any atom is -0.484 e. The molecule has 1 aromatic rings. The predicted molar refractivity (Wildman–Crippen MR) is 87.0 cm³/mol. The van der Waals surface area contributed by atoms with E-state index in [1.165, 1.54) is 0 Å². The maximum Gasteiger partial charge on any atom is 0.255 e. The summed E-state index contributed by atoms with van der Waals surface area (Å²) in [6.07, 6.45) is 2.48. The fraction of sp³-hybridized carbons (Fsp3) is 0.500. The number of amides is 3. The van der Waals surface area contributed by atoms with Crippen LogP contribution in [0.3, 0.4) is 0 Å². The molecule has 5 rings (SSSR count). The van der Waals surface area contributed by atoms with Crippen LogP contribution in [-0.4, -0.2) is 47.4 Å². The lowest BCUT2D eigenvalue weighted by Gasteiger charge is -2.46. The van der Waals surface area contributed by atoms with Crippen molar-refractivity contribution in [1.29, 1.82) is 0 Å². The lowest BCUT2D eigenvalue weighted by Crippen LogP contribution is -2.64. The molecule has 130 valence electrons. The number of ether oxygens (including phenoxy) is 1. The monoisotopic (exact) mass is 341 g/mol. The smallest absolute Gasteiger partial charge is 0.255 e. The first-order valence-corrected chi connectivity index (χ1v) is 8.75. The van der Waals surface area contributed by atoms with E-state index in [0.29, 0.717) is 18.5 Å². The normalized spacial score (nSPS) is 26.6. The van der Waals surface area contributed by atoms with Crippen molar-refractivity contribution in [3.05, 3.63) is 28.8 Å². The Labute approximate surface area is 144 Å². The maximum atomic E-state index is 12.8. The molecule has 0 aliphatic carbocycles. The molecule has 0 radical (unpaired) electrons. The summed E-state index contributed by atoms with van der Waals surface area (Å²) in [7, 11) is 0. The van der Waals surface area contributed by atoms with Gasteiger partial charge in [-0.05, 0) is 37.0 Å². The summed E-state index contributed by atoms with van der Waals surface area (Å²) in [5.41, 5.74) is 2.65. The Bertz CT molecular complexity index is 815. The van der Waals surface area contributed by atoms with Crippen molar-refractivity contribution in [1.82, 2.24) is 15.5 Å². The molecule has 0 bridgehead atoms. The molecular formula is C18H19N3O4. The van der Waals surface area contributed by atoms with Gasteiger partial charge in [0, 0.05) is 37.2 Å². The zero-order chi connectivity index (χ0) is 17.2. The average Bonchev–Trinajstić information content (AvgIpc) is 2.90. The molecule has 1 spiro atoms. The van der Waals surface area contributed by atoms with Gasteiger partial charge in [0.2, 0.25) is 11.8 Å². The van der Waals surface area contributed by atoms with Crippen LogP contribution in [0.5, 0.6) is 5.75 Å². The molecule has 3 amide bonds. The second-order valence-electron chi connectivity index (χ2n) is 7.36. The molecule has 2 fully saturated rings. The van der Waals surface area contributed by atoms with Crippen LogP contribution in [0.25, 0.3) is 0 Å². The summed E-state index contributed by atoms with van der Waals surface area (Å²) < 4.78 is 6.22. The standard InChI is InChI=1S/C18H19N3O4/c22-15-4-2-13(16(23)20-15)21-7-12-10-5-6-18(8-19-9-18)25-14(10)3-1-11(12)17(21)24/h1,3,13,19H,2,4-9H2,(H,20,22,23)/t13-/m0/s1. The van der Waals surface area contributed by atoms with E-state index in [-0.39, 0.29) is 29.7 Å². The number of rotatable bonds is 1. The minimum absolute atomic E-state index is 0.0901. The third kappa shape index (κ3) is 2.12. The number of nitrogens with one attached hydrogen (secondary N) is 2. The molecule has 0 unspecified atom stereocenters. The maximum absolute atomic E-state index is 12.8. The van der Waals surface area contributed by atoms with E-state index in [1.54, 1.807) is 4.90 Å². The molecule has 0 aromatic heterocycles. The Hall–Kier alpha value is -2.41.